The number of nitrogens with one attached hydrogen (secondary N) is 1. The van der Waals surface area contributed by atoms with Gasteiger partial charge in [0.15, 0.2) is 0 Å². The zero-order valence-electron chi connectivity index (χ0n) is 8.80. The van der Waals surface area contributed by atoms with Crippen LogP contribution in [0.25, 0.3) is 0 Å². The molecule has 6 heteroatoms. The summed E-state index contributed by atoms with van der Waals surface area (Å²) in [6.45, 7) is 5.52. The van der Waals surface area contributed by atoms with E-state index in [1.807, 2.05) is 6.92 Å². The average molecular weight is 210 g/mol. The molecule has 0 aromatic carbocycles. The third-order valence-electron chi connectivity index (χ3n) is 1.91. The molecule has 1 N–H and O–H groups in total. The minimum absolute atomic E-state index is 0.00610. The van der Waals surface area contributed by atoms with Gasteiger partial charge in [-0.1, -0.05) is 6.08 Å². The molecule has 0 saturated carbocycles. The van der Waals surface area contributed by atoms with Gasteiger partial charge in [0.2, 0.25) is 5.82 Å². The summed E-state index contributed by atoms with van der Waals surface area (Å²) in [7, 11) is 1.65. The van der Waals surface area contributed by atoms with Crippen LogP contribution in [0.3, 0.4) is 0 Å². The Kier molecular flexibility index (Phi) is 3.43. The smallest absolute Gasteiger partial charge is 0.330 e. The third-order valence-corrected chi connectivity index (χ3v) is 1.91. The zero-order chi connectivity index (χ0) is 11.4. The van der Waals surface area contributed by atoms with Crippen molar-refractivity contribution in [2.45, 2.75) is 19.4 Å². The minimum atomic E-state index is -0.448. The first-order chi connectivity index (χ1) is 7.04. The van der Waals surface area contributed by atoms with Crippen LogP contribution in [0.2, 0.25) is 0 Å². The van der Waals surface area contributed by atoms with E-state index in [2.05, 4.69) is 17.0 Å². The standard InChI is InChI=1S/C9H14N4O2/c1-4-5-7(2)10-9-8(13(14)15)6-12(3)11-9/h4,6-7H,1,5H2,2-3H3,(H,10,11). The number of anilines is 1. The Morgan fingerprint density at radius 1 is 1.87 bits per heavy atom. The lowest BCUT2D eigenvalue weighted by molar-refractivity contribution is -0.384. The SMILES string of the molecule is C=CCC(C)Nc1nn(C)cc1[N+](=O)[O-]. The largest absolute Gasteiger partial charge is 0.360 e. The highest BCUT2D eigenvalue weighted by molar-refractivity contribution is 5.54. The number of hydrogen-bond donors (Lipinski definition) is 1. The Morgan fingerprint density at radius 3 is 3.07 bits per heavy atom. The topological polar surface area (TPSA) is 73.0 Å². The van der Waals surface area contributed by atoms with Gasteiger partial charge in [0.05, 0.1) is 4.92 Å². The molecule has 0 fully saturated rings. The van der Waals surface area contributed by atoms with Crippen LogP contribution in [-0.4, -0.2) is 20.7 Å². The van der Waals surface area contributed by atoms with E-state index >= 15 is 0 Å². The normalized spacial score (nSPS) is 12.1. The predicted octanol–water partition coefficient (Wildman–Crippen LogP) is 1.70. The summed E-state index contributed by atoms with van der Waals surface area (Å²) in [5, 5.41) is 17.6. The Bertz CT molecular complexity index is 372. The van der Waals surface area contributed by atoms with Gasteiger partial charge < -0.3 is 5.32 Å². The fourth-order valence-corrected chi connectivity index (χ4v) is 1.25. The van der Waals surface area contributed by atoms with Crippen molar-refractivity contribution in [3.63, 3.8) is 0 Å². The van der Waals surface area contributed by atoms with E-state index < -0.39 is 4.92 Å². The summed E-state index contributed by atoms with van der Waals surface area (Å²) in [6, 6.07) is 0.0797. The molecule has 0 aliphatic heterocycles. The number of hydrogen-bond acceptors (Lipinski definition) is 4. The molecule has 0 amide bonds. The highest BCUT2D eigenvalue weighted by atomic mass is 16.6. The maximum absolute atomic E-state index is 10.7. The molecular formula is C9H14N4O2. The monoisotopic (exact) mass is 210 g/mol. The lowest BCUT2D eigenvalue weighted by Crippen LogP contribution is -2.15. The molecule has 1 aromatic rings. The maximum atomic E-state index is 10.7. The van der Waals surface area contributed by atoms with Crippen LogP contribution < -0.4 is 5.32 Å². The average Bonchev–Trinajstić information content (AvgIpc) is 2.47. The summed E-state index contributed by atoms with van der Waals surface area (Å²) in [5.74, 6) is 0.303. The van der Waals surface area contributed by atoms with Gasteiger partial charge in [0.25, 0.3) is 0 Å². The second kappa shape index (κ2) is 4.59. The number of aryl methyl sites for hydroxylation is 1. The number of rotatable bonds is 5. The molecule has 0 saturated heterocycles. The molecular weight excluding hydrogens is 196 g/mol. The van der Waals surface area contributed by atoms with Crippen LogP contribution in [0.5, 0.6) is 0 Å². The first kappa shape index (κ1) is 11.2. The van der Waals surface area contributed by atoms with Crippen molar-refractivity contribution in [1.29, 1.82) is 0 Å². The van der Waals surface area contributed by atoms with Crippen LogP contribution in [0.15, 0.2) is 18.9 Å². The van der Waals surface area contributed by atoms with Gasteiger partial charge in [-0.3, -0.25) is 14.8 Å². The quantitative estimate of drug-likeness (QED) is 0.456. The van der Waals surface area contributed by atoms with Crippen molar-refractivity contribution in [1.82, 2.24) is 9.78 Å². The summed E-state index contributed by atoms with van der Waals surface area (Å²) in [5.41, 5.74) is -0.00610. The minimum Gasteiger partial charge on any atom is -0.360 e. The van der Waals surface area contributed by atoms with Crippen LogP contribution >= 0.6 is 0 Å². The Morgan fingerprint density at radius 2 is 2.53 bits per heavy atom. The van der Waals surface area contributed by atoms with Gasteiger partial charge in [0.1, 0.15) is 6.20 Å². The van der Waals surface area contributed by atoms with Crippen molar-refractivity contribution >= 4 is 11.5 Å². The van der Waals surface area contributed by atoms with Gasteiger partial charge in [-0.25, -0.2) is 0 Å². The number of nitro groups is 1. The highest BCUT2D eigenvalue weighted by Gasteiger charge is 2.19. The van der Waals surface area contributed by atoms with Crippen LogP contribution in [0.1, 0.15) is 13.3 Å². The lowest BCUT2D eigenvalue weighted by atomic mass is 10.2. The Balaban J connectivity index is 2.83. The van der Waals surface area contributed by atoms with Crippen molar-refractivity contribution in [2.24, 2.45) is 7.05 Å². The van der Waals surface area contributed by atoms with Gasteiger partial charge >= 0.3 is 5.69 Å². The predicted molar refractivity (Wildman–Crippen MR) is 57.8 cm³/mol. The molecule has 0 bridgehead atoms. The summed E-state index contributed by atoms with van der Waals surface area (Å²) in [4.78, 5) is 10.2. The van der Waals surface area contributed by atoms with E-state index in [4.69, 9.17) is 0 Å². The molecule has 1 aromatic heterocycles. The second-order valence-corrected chi connectivity index (χ2v) is 3.36. The molecule has 0 aliphatic rings. The van der Waals surface area contributed by atoms with Crippen molar-refractivity contribution in [3.05, 3.63) is 29.0 Å². The van der Waals surface area contributed by atoms with E-state index in [-0.39, 0.29) is 11.7 Å². The molecule has 82 valence electrons. The van der Waals surface area contributed by atoms with Gasteiger partial charge in [0, 0.05) is 13.1 Å². The van der Waals surface area contributed by atoms with E-state index in [1.165, 1.54) is 10.9 Å². The zero-order valence-corrected chi connectivity index (χ0v) is 8.80. The molecule has 0 spiro atoms. The molecule has 6 nitrogen and oxygen atoms in total. The molecule has 0 radical (unpaired) electrons. The van der Waals surface area contributed by atoms with Gasteiger partial charge in [-0.2, -0.15) is 0 Å². The number of aromatic nitrogens is 2. The summed E-state index contributed by atoms with van der Waals surface area (Å²) >= 11 is 0. The summed E-state index contributed by atoms with van der Waals surface area (Å²) in [6.07, 6.45) is 3.86. The molecule has 1 heterocycles. The molecule has 15 heavy (non-hydrogen) atoms. The van der Waals surface area contributed by atoms with Crippen molar-refractivity contribution < 1.29 is 4.92 Å². The number of nitrogens with zero attached hydrogens (tertiary/aromatic N) is 3. The van der Waals surface area contributed by atoms with E-state index in [1.54, 1.807) is 13.1 Å². The van der Waals surface area contributed by atoms with Crippen molar-refractivity contribution in [2.75, 3.05) is 5.32 Å². The summed E-state index contributed by atoms with van der Waals surface area (Å²) < 4.78 is 1.42. The van der Waals surface area contributed by atoms with E-state index in [9.17, 15) is 10.1 Å². The Labute approximate surface area is 87.7 Å². The van der Waals surface area contributed by atoms with Crippen molar-refractivity contribution in [3.8, 4) is 0 Å². The van der Waals surface area contributed by atoms with Crippen LogP contribution in [0.4, 0.5) is 11.5 Å². The maximum Gasteiger partial charge on any atom is 0.330 e. The first-order valence-corrected chi connectivity index (χ1v) is 4.60. The van der Waals surface area contributed by atoms with Crippen LogP contribution in [0, 0.1) is 10.1 Å². The molecule has 0 aliphatic carbocycles. The fourth-order valence-electron chi connectivity index (χ4n) is 1.25. The van der Waals surface area contributed by atoms with E-state index in [0.29, 0.717) is 5.82 Å². The fraction of sp³-hybridized carbons (Fsp3) is 0.444. The third kappa shape index (κ3) is 2.80. The molecule has 1 unspecified atom stereocenters. The highest BCUT2D eigenvalue weighted by Crippen LogP contribution is 2.22. The Hall–Kier alpha value is -1.85. The molecule has 1 atom stereocenters. The van der Waals surface area contributed by atoms with Gasteiger partial charge in [-0.05, 0) is 13.3 Å². The molecule has 1 rings (SSSR count). The lowest BCUT2D eigenvalue weighted by Gasteiger charge is -2.09. The van der Waals surface area contributed by atoms with Gasteiger partial charge in [-0.15, -0.1) is 11.7 Å². The first-order valence-electron chi connectivity index (χ1n) is 4.60. The van der Waals surface area contributed by atoms with E-state index in [0.717, 1.165) is 6.42 Å². The second-order valence-electron chi connectivity index (χ2n) is 3.36. The van der Waals surface area contributed by atoms with Crippen LogP contribution in [-0.2, 0) is 7.05 Å².